The number of rotatable bonds is 9. The van der Waals surface area contributed by atoms with Gasteiger partial charge in [0.2, 0.25) is 0 Å². The maximum atomic E-state index is 15.2. The summed E-state index contributed by atoms with van der Waals surface area (Å²) in [6.07, 6.45) is -4.10. The van der Waals surface area contributed by atoms with Gasteiger partial charge in [0.15, 0.2) is 0 Å². The summed E-state index contributed by atoms with van der Waals surface area (Å²) in [5, 5.41) is 3.26. The normalized spacial score (nSPS) is 12.7. The first kappa shape index (κ1) is 46.2. The molecule has 0 N–H and O–H groups in total. The van der Waals surface area contributed by atoms with Crippen molar-refractivity contribution in [1.82, 2.24) is 9.13 Å². The van der Waals surface area contributed by atoms with Crippen LogP contribution in [-0.2, 0) is 16.8 Å². The van der Waals surface area contributed by atoms with Crippen LogP contribution in [0.1, 0.15) is 22.3 Å². The van der Waals surface area contributed by atoms with Crippen molar-refractivity contribution >= 4 is 75.9 Å². The van der Waals surface area contributed by atoms with Gasteiger partial charge in [-0.25, -0.2) is 0 Å². The van der Waals surface area contributed by atoms with Crippen LogP contribution < -0.4 is 0 Å². The molecule has 73 heavy (non-hydrogen) atoms. The second kappa shape index (κ2) is 18.3. The van der Waals surface area contributed by atoms with Crippen molar-refractivity contribution in [3.05, 3.63) is 246 Å². The number of hydrogen-bond donors (Lipinski definition) is 0. The second-order valence-electron chi connectivity index (χ2n) is 18.0. The van der Waals surface area contributed by atoms with E-state index in [-0.39, 0.29) is 42.6 Å². The molecule has 0 saturated carbocycles. The molecule has 0 saturated heterocycles. The maximum absolute atomic E-state index is 15.2. The molecule has 10 heteroatoms. The van der Waals surface area contributed by atoms with Crippen LogP contribution in [-0.4, -0.2) is 15.7 Å². The van der Waals surface area contributed by atoms with E-state index in [4.69, 9.17) is 0 Å². The van der Waals surface area contributed by atoms with Gasteiger partial charge in [0.05, 0.1) is 27.8 Å². The molecule has 0 bridgehead atoms. The topological polar surface area (TPSA) is 9.86 Å². The Morgan fingerprint density at radius 2 is 0.849 bits per heavy atom. The van der Waals surface area contributed by atoms with Crippen molar-refractivity contribution < 1.29 is 26.3 Å². The van der Waals surface area contributed by atoms with E-state index in [1.807, 2.05) is 143 Å². The third kappa shape index (κ3) is 8.44. The van der Waals surface area contributed by atoms with Crippen LogP contribution in [0, 0.1) is 0 Å². The van der Waals surface area contributed by atoms with Gasteiger partial charge in [-0.15, -0.1) is 0 Å². The van der Waals surface area contributed by atoms with Gasteiger partial charge in [-0.1, -0.05) is 90.3 Å². The van der Waals surface area contributed by atoms with Crippen LogP contribution in [0.2, 0.25) is 0 Å². The van der Waals surface area contributed by atoms with E-state index in [1.165, 1.54) is 17.7 Å². The van der Waals surface area contributed by atoms with Crippen LogP contribution in [0.25, 0.3) is 105 Å². The van der Waals surface area contributed by atoms with Crippen LogP contribution in [0.5, 0.6) is 0 Å². The number of alkyl halides is 7. The number of benzene rings is 9. The van der Waals surface area contributed by atoms with Gasteiger partial charge < -0.3 is 4.57 Å². The van der Waals surface area contributed by atoms with E-state index in [9.17, 15) is 0 Å². The van der Waals surface area contributed by atoms with Crippen molar-refractivity contribution in [2.45, 2.75) is 16.8 Å². The van der Waals surface area contributed by atoms with Crippen molar-refractivity contribution in [2.24, 2.45) is 0 Å². The fraction of sp³-hybridized carbons (Fsp3) is 0.0476. The molecule has 0 amide bonds. The Hall–Kier alpha value is -7.90. The molecular formula is C63H37BeF6IN2. The van der Waals surface area contributed by atoms with E-state index in [0.29, 0.717) is 22.1 Å². The molecule has 9 aromatic carbocycles. The standard InChI is InChI=1S/C63H37F6IN2.Be/c64-62(65,66)48-23-29-60(71-56-25-19-44(40-12-4-1-5-13-40)32-50(56)51-33-45(20-26-57(51)71)41-14-6-2-7-15-41)54(36-48)55-37-49(63(67,68)69)24-30-61(55)72-58-27-21-46(42-16-8-3-9-17-42)34-52(58)53-35-47(22-28-59(53)72)43-18-10-11-39(31-43)38-70;/h1-6,8-14,16-37H,38H2;. The zero-order valence-electron chi connectivity index (χ0n) is 38.7. The average Bonchev–Trinajstić information content (AvgIpc) is 3.92. The molecule has 1 aliphatic rings. The Morgan fingerprint density at radius 3 is 1.29 bits per heavy atom. The first-order valence-corrected chi connectivity index (χ1v) is 26.5. The molecule has 0 atom stereocenters. The molecule has 2 aromatic heterocycles. The summed E-state index contributed by atoms with van der Waals surface area (Å²) in [7, 11) is 0. The number of aromatic nitrogens is 2. The Balaban J connectivity index is 1.16. The van der Waals surface area contributed by atoms with Crippen LogP contribution in [0.4, 0.5) is 26.3 Å². The number of nitrogens with zero attached hydrogens (tertiary/aromatic N) is 2. The monoisotopic (exact) mass is 1070 g/mol. The summed E-state index contributed by atoms with van der Waals surface area (Å²) < 4.78 is 95.7. The Morgan fingerprint density at radius 1 is 0.425 bits per heavy atom. The van der Waals surface area contributed by atoms with Gasteiger partial charge in [0, 0.05) is 21.9 Å². The summed E-state index contributed by atoms with van der Waals surface area (Å²) in [4.78, 5) is 0. The minimum absolute atomic E-state index is 0.0305. The number of halogens is 7. The minimum atomic E-state index is -4.83. The first-order valence-electron chi connectivity index (χ1n) is 23.4. The molecule has 2 heterocycles. The van der Waals surface area contributed by atoms with Crippen LogP contribution >= 0.6 is 20.1 Å². The number of hydrogen-bond acceptors (Lipinski definition) is 0. The summed E-state index contributed by atoms with van der Waals surface area (Å²) in [5.74, 6) is 0. The van der Waals surface area contributed by atoms with Gasteiger partial charge in [-0.3, -0.25) is 0 Å². The fourth-order valence-electron chi connectivity index (χ4n) is 10.2. The SMILES string of the molecule is [Be]=[I]Cc1cccc(-c2ccc3c(c2)c2cc(-c4ccccc4)ccc2n3-c2ccc(C(F)(F)F)cc2-c2cc(C(F)(F)F)ccc2-n2c3ccc(C4=C=C=CC=C4)cc3c3cc(-c4ccccc4)ccc32)c1. The van der Waals surface area contributed by atoms with Crippen molar-refractivity contribution in [3.8, 4) is 55.9 Å². The van der Waals surface area contributed by atoms with E-state index in [0.717, 1.165) is 94.8 Å². The van der Waals surface area contributed by atoms with Gasteiger partial charge in [-0.05, 0) is 83.4 Å². The van der Waals surface area contributed by atoms with Gasteiger partial charge in [0.1, 0.15) is 0 Å². The van der Waals surface area contributed by atoms with Crippen LogP contribution in [0.15, 0.2) is 224 Å². The Kier molecular flexibility index (Phi) is 11.6. The molecule has 0 aliphatic heterocycles. The predicted molar refractivity (Wildman–Crippen MR) is 294 cm³/mol. The number of allylic oxidation sites excluding steroid dienone is 4. The molecule has 1 aliphatic carbocycles. The van der Waals surface area contributed by atoms with Crippen molar-refractivity contribution in [1.29, 1.82) is 0 Å². The van der Waals surface area contributed by atoms with E-state index < -0.39 is 23.5 Å². The molecule has 2 nitrogen and oxygen atoms in total. The second-order valence-corrected chi connectivity index (χ2v) is 19.9. The van der Waals surface area contributed by atoms with Gasteiger partial charge in [-0.2, -0.15) is 26.3 Å². The number of fused-ring (bicyclic) bond motifs is 6. The molecule has 350 valence electrons. The molecule has 0 radical (unpaired) electrons. The molecule has 0 unspecified atom stereocenters. The zero-order valence-corrected chi connectivity index (χ0v) is 40.8. The molecule has 0 spiro atoms. The Bertz CT molecular complexity index is 4190. The molecule has 11 aromatic rings. The van der Waals surface area contributed by atoms with Gasteiger partial charge >= 0.3 is 176 Å². The molecule has 12 rings (SSSR count). The summed E-state index contributed by atoms with van der Waals surface area (Å²) in [6, 6.07) is 58.7. The third-order valence-electron chi connectivity index (χ3n) is 13.6. The summed E-state index contributed by atoms with van der Waals surface area (Å²) in [5.41, 5.74) is 15.9. The van der Waals surface area contributed by atoms with E-state index in [2.05, 4.69) is 54.5 Å². The van der Waals surface area contributed by atoms with Crippen molar-refractivity contribution in [2.75, 3.05) is 0 Å². The van der Waals surface area contributed by atoms with Crippen LogP contribution in [0.3, 0.4) is 0 Å². The molecule has 0 fully saturated rings. The molecular weight excluding hydrogens is 1030 g/mol. The average molecular weight is 1070 g/mol. The first-order chi connectivity index (χ1) is 35.4. The quantitative estimate of drug-likeness (QED) is 0.0448. The third-order valence-corrected chi connectivity index (χ3v) is 15.1. The summed E-state index contributed by atoms with van der Waals surface area (Å²) >= 11 is -0.242. The Labute approximate surface area is 427 Å². The summed E-state index contributed by atoms with van der Waals surface area (Å²) in [6.45, 7) is 4.15. The fourth-order valence-corrected chi connectivity index (χ4v) is 11.3. The predicted octanol–water partition coefficient (Wildman–Crippen LogP) is 18.4. The van der Waals surface area contributed by atoms with Gasteiger partial charge in [0.25, 0.3) is 0 Å². The van der Waals surface area contributed by atoms with E-state index in [1.54, 1.807) is 6.08 Å². The van der Waals surface area contributed by atoms with Crippen molar-refractivity contribution in [3.63, 3.8) is 0 Å². The van der Waals surface area contributed by atoms with E-state index >= 15 is 26.3 Å². The zero-order chi connectivity index (χ0) is 50.0.